The minimum atomic E-state index is -0.0367. The molecule has 1 heterocycles. The Morgan fingerprint density at radius 2 is 1.67 bits per heavy atom. The van der Waals surface area contributed by atoms with Crippen molar-refractivity contribution in [1.29, 1.82) is 0 Å². The molecule has 1 fully saturated rings. The van der Waals surface area contributed by atoms with Crippen LogP contribution in [0, 0.1) is 0 Å². The van der Waals surface area contributed by atoms with Gasteiger partial charge >= 0.3 is 6.03 Å². The summed E-state index contributed by atoms with van der Waals surface area (Å²) in [7, 11) is 4.04. The fourth-order valence-electron chi connectivity index (χ4n) is 2.82. The van der Waals surface area contributed by atoms with Gasteiger partial charge in [0.25, 0.3) is 0 Å². The van der Waals surface area contributed by atoms with Crippen molar-refractivity contribution in [2.45, 2.75) is 19.8 Å². The molecule has 2 rings (SSSR count). The van der Waals surface area contributed by atoms with E-state index < -0.39 is 0 Å². The van der Waals surface area contributed by atoms with Crippen molar-refractivity contribution in [3.05, 3.63) is 29.8 Å². The summed E-state index contributed by atoms with van der Waals surface area (Å²) in [6, 6.07) is 8.33. The number of nitrogens with zero attached hydrogens (tertiary/aromatic N) is 3. The summed E-state index contributed by atoms with van der Waals surface area (Å²) in [5, 5.41) is 2.98. The molecule has 1 saturated heterocycles. The maximum atomic E-state index is 12.3. The number of nitrogens with one attached hydrogen (secondary N) is 1. The van der Waals surface area contributed by atoms with Gasteiger partial charge in [0, 0.05) is 59.4 Å². The van der Waals surface area contributed by atoms with E-state index in [-0.39, 0.29) is 11.9 Å². The monoisotopic (exact) mass is 332 g/mol. The van der Waals surface area contributed by atoms with Gasteiger partial charge < -0.3 is 20.0 Å². The molecule has 0 saturated carbocycles. The van der Waals surface area contributed by atoms with Gasteiger partial charge in [-0.05, 0) is 30.5 Å². The second kappa shape index (κ2) is 8.57. The number of hydrogen-bond donors (Lipinski definition) is 1. The molecule has 1 aromatic carbocycles. The SMILES string of the molecule is CC(=O)N1CCCN(C(=O)NCCc2ccc(N(C)C)cc2)CC1. The third kappa shape index (κ3) is 5.15. The second-order valence-corrected chi connectivity index (χ2v) is 6.39. The van der Waals surface area contributed by atoms with Crippen LogP contribution in [0.4, 0.5) is 10.5 Å². The molecule has 6 nitrogen and oxygen atoms in total. The van der Waals surface area contributed by atoms with Gasteiger partial charge in [0.05, 0.1) is 0 Å². The van der Waals surface area contributed by atoms with E-state index in [1.165, 1.54) is 11.3 Å². The van der Waals surface area contributed by atoms with Crippen LogP contribution in [0.25, 0.3) is 0 Å². The first-order valence-corrected chi connectivity index (χ1v) is 8.52. The highest BCUT2D eigenvalue weighted by Crippen LogP contribution is 2.12. The molecule has 3 amide bonds. The van der Waals surface area contributed by atoms with Gasteiger partial charge in [-0.3, -0.25) is 4.79 Å². The van der Waals surface area contributed by atoms with Crippen molar-refractivity contribution in [2.24, 2.45) is 0 Å². The first kappa shape index (κ1) is 18.1. The molecule has 0 aliphatic carbocycles. The fraction of sp³-hybridized carbons (Fsp3) is 0.556. The topological polar surface area (TPSA) is 55.9 Å². The molecule has 1 aromatic rings. The zero-order valence-corrected chi connectivity index (χ0v) is 14.9. The van der Waals surface area contributed by atoms with Gasteiger partial charge in [-0.1, -0.05) is 12.1 Å². The molecule has 24 heavy (non-hydrogen) atoms. The largest absolute Gasteiger partial charge is 0.378 e. The van der Waals surface area contributed by atoms with Crippen LogP contribution in [0.2, 0.25) is 0 Å². The van der Waals surface area contributed by atoms with Crippen LogP contribution in [0.5, 0.6) is 0 Å². The van der Waals surface area contributed by atoms with Gasteiger partial charge in [0.1, 0.15) is 0 Å². The Bertz CT molecular complexity index is 557. The number of amides is 3. The van der Waals surface area contributed by atoms with Gasteiger partial charge in [-0.25, -0.2) is 4.79 Å². The minimum Gasteiger partial charge on any atom is -0.378 e. The molecule has 0 radical (unpaired) electrons. The average Bonchev–Trinajstić information content (AvgIpc) is 2.81. The van der Waals surface area contributed by atoms with E-state index in [1.807, 2.05) is 14.1 Å². The lowest BCUT2D eigenvalue weighted by Crippen LogP contribution is -2.43. The average molecular weight is 332 g/mol. The van der Waals surface area contributed by atoms with Crippen LogP contribution in [0.15, 0.2) is 24.3 Å². The molecule has 0 aromatic heterocycles. The van der Waals surface area contributed by atoms with Crippen molar-refractivity contribution in [2.75, 3.05) is 51.7 Å². The Hall–Kier alpha value is -2.24. The summed E-state index contributed by atoms with van der Waals surface area (Å²) < 4.78 is 0. The van der Waals surface area contributed by atoms with Gasteiger partial charge in [0.2, 0.25) is 5.91 Å². The van der Waals surface area contributed by atoms with Crippen LogP contribution in [-0.4, -0.2) is 68.6 Å². The number of carbonyl (C=O) groups is 2. The van der Waals surface area contributed by atoms with Crippen molar-refractivity contribution >= 4 is 17.6 Å². The second-order valence-electron chi connectivity index (χ2n) is 6.39. The molecule has 6 heteroatoms. The number of benzene rings is 1. The van der Waals surface area contributed by atoms with Crippen molar-refractivity contribution in [3.63, 3.8) is 0 Å². The molecule has 0 atom stereocenters. The maximum absolute atomic E-state index is 12.3. The van der Waals surface area contributed by atoms with Crippen LogP contribution in [0.1, 0.15) is 18.9 Å². The van der Waals surface area contributed by atoms with Crippen LogP contribution >= 0.6 is 0 Å². The van der Waals surface area contributed by atoms with Gasteiger partial charge in [-0.15, -0.1) is 0 Å². The Labute approximate surface area is 144 Å². The summed E-state index contributed by atoms with van der Waals surface area (Å²) >= 11 is 0. The number of carbonyl (C=O) groups excluding carboxylic acids is 2. The van der Waals surface area contributed by atoms with Crippen LogP contribution in [-0.2, 0) is 11.2 Å². The normalized spacial score (nSPS) is 15.0. The molecule has 1 aliphatic heterocycles. The molecular formula is C18H28N4O2. The fourth-order valence-corrected chi connectivity index (χ4v) is 2.82. The predicted octanol–water partition coefficient (Wildman–Crippen LogP) is 1.56. The standard InChI is InChI=1S/C18H28N4O2/c1-15(23)21-11-4-12-22(14-13-21)18(24)19-10-9-16-5-7-17(8-6-16)20(2)3/h5-8H,4,9-14H2,1-3H3,(H,19,24). The molecule has 1 aliphatic rings. The summed E-state index contributed by atoms with van der Waals surface area (Å²) in [5.74, 6) is 0.0819. The lowest BCUT2D eigenvalue weighted by molar-refractivity contribution is -0.128. The third-order valence-electron chi connectivity index (χ3n) is 4.37. The molecule has 132 valence electrons. The zero-order chi connectivity index (χ0) is 17.5. The number of anilines is 1. The smallest absolute Gasteiger partial charge is 0.317 e. The highest BCUT2D eigenvalue weighted by Gasteiger charge is 2.19. The van der Waals surface area contributed by atoms with E-state index in [0.717, 1.165) is 19.4 Å². The highest BCUT2D eigenvalue weighted by atomic mass is 16.2. The lowest BCUT2D eigenvalue weighted by atomic mass is 10.1. The summed E-state index contributed by atoms with van der Waals surface area (Å²) in [4.78, 5) is 29.4. The number of rotatable bonds is 4. The lowest BCUT2D eigenvalue weighted by Gasteiger charge is -2.21. The van der Waals surface area contributed by atoms with Crippen molar-refractivity contribution in [1.82, 2.24) is 15.1 Å². The maximum Gasteiger partial charge on any atom is 0.317 e. The Morgan fingerprint density at radius 3 is 2.29 bits per heavy atom. The summed E-state index contributed by atoms with van der Waals surface area (Å²) in [6.45, 7) is 4.85. The van der Waals surface area contributed by atoms with E-state index >= 15 is 0 Å². The zero-order valence-electron chi connectivity index (χ0n) is 14.9. The van der Waals surface area contributed by atoms with Crippen LogP contribution < -0.4 is 10.2 Å². The van der Waals surface area contributed by atoms with Crippen molar-refractivity contribution < 1.29 is 9.59 Å². The number of urea groups is 1. The predicted molar refractivity (Wildman–Crippen MR) is 96.3 cm³/mol. The van der Waals surface area contributed by atoms with Gasteiger partial charge in [0.15, 0.2) is 0 Å². The Morgan fingerprint density at radius 1 is 1.04 bits per heavy atom. The summed E-state index contributed by atoms with van der Waals surface area (Å²) in [6.07, 6.45) is 1.64. The molecule has 0 unspecified atom stereocenters. The van der Waals surface area contributed by atoms with E-state index in [4.69, 9.17) is 0 Å². The third-order valence-corrected chi connectivity index (χ3v) is 4.37. The molecular weight excluding hydrogens is 304 g/mol. The van der Waals surface area contributed by atoms with Crippen LogP contribution in [0.3, 0.4) is 0 Å². The first-order chi connectivity index (χ1) is 11.5. The van der Waals surface area contributed by atoms with E-state index in [0.29, 0.717) is 26.2 Å². The minimum absolute atomic E-state index is 0.0367. The molecule has 0 bridgehead atoms. The summed E-state index contributed by atoms with van der Waals surface area (Å²) in [5.41, 5.74) is 2.38. The first-order valence-electron chi connectivity index (χ1n) is 8.52. The van der Waals surface area contributed by atoms with E-state index in [1.54, 1.807) is 16.7 Å². The quantitative estimate of drug-likeness (QED) is 0.910. The Balaban J connectivity index is 1.75. The van der Waals surface area contributed by atoms with Crippen molar-refractivity contribution in [3.8, 4) is 0 Å². The molecule has 0 spiro atoms. The number of hydrogen-bond acceptors (Lipinski definition) is 3. The van der Waals surface area contributed by atoms with E-state index in [9.17, 15) is 9.59 Å². The van der Waals surface area contributed by atoms with Gasteiger partial charge in [-0.2, -0.15) is 0 Å². The highest BCUT2D eigenvalue weighted by molar-refractivity contribution is 5.75. The molecule has 1 N–H and O–H groups in total. The Kier molecular flexibility index (Phi) is 6.46. The van der Waals surface area contributed by atoms with E-state index in [2.05, 4.69) is 34.5 Å².